The van der Waals surface area contributed by atoms with E-state index in [1.165, 1.54) is 0 Å². The molecule has 12 nitrogen and oxygen atoms in total. The van der Waals surface area contributed by atoms with Gasteiger partial charge in [-0.2, -0.15) is 11.8 Å². The number of carboxylic acids is 1. The Morgan fingerprint density at radius 2 is 1.57 bits per heavy atom. The molecule has 0 spiro atoms. The molecule has 4 atom stereocenters. The second kappa shape index (κ2) is 15.9. The molecule has 0 aliphatic rings. The Morgan fingerprint density at radius 1 is 0.950 bits per heavy atom. The highest BCUT2D eigenvalue weighted by Crippen LogP contribution is 2.19. The first kappa shape index (κ1) is 32.6. The minimum atomic E-state index is -1.36. The van der Waals surface area contributed by atoms with Crippen molar-refractivity contribution in [3.05, 3.63) is 36.0 Å². The third-order valence-corrected chi connectivity index (χ3v) is 6.98. The summed E-state index contributed by atoms with van der Waals surface area (Å²) in [5, 5.41) is 18.2. The van der Waals surface area contributed by atoms with Gasteiger partial charge in [0.2, 0.25) is 23.6 Å². The summed E-state index contributed by atoms with van der Waals surface area (Å²) in [6, 6.07) is 3.22. The number of primary amides is 1. The number of aromatic nitrogens is 1. The molecule has 4 unspecified atom stereocenters. The number of nitrogens with two attached hydrogens (primary N) is 2. The number of aliphatic carboxylic acids is 1. The average molecular weight is 577 g/mol. The topological polar surface area (TPSA) is 209 Å². The second-order valence-corrected chi connectivity index (χ2v) is 11.1. The minimum absolute atomic E-state index is 0.0356. The van der Waals surface area contributed by atoms with Crippen LogP contribution in [0.4, 0.5) is 0 Å². The number of benzene rings is 1. The molecule has 40 heavy (non-hydrogen) atoms. The number of carboxylic acid groups (broad SMARTS) is 1. The maximum absolute atomic E-state index is 13.6. The third-order valence-electron chi connectivity index (χ3n) is 6.34. The van der Waals surface area contributed by atoms with Crippen molar-refractivity contribution in [1.29, 1.82) is 0 Å². The zero-order valence-electron chi connectivity index (χ0n) is 23.1. The lowest BCUT2D eigenvalue weighted by Gasteiger charge is -2.26. The van der Waals surface area contributed by atoms with Crippen molar-refractivity contribution in [1.82, 2.24) is 20.9 Å². The van der Waals surface area contributed by atoms with Gasteiger partial charge < -0.3 is 37.5 Å². The van der Waals surface area contributed by atoms with Crippen LogP contribution in [0.2, 0.25) is 0 Å². The van der Waals surface area contributed by atoms with Gasteiger partial charge in [0, 0.05) is 29.9 Å². The summed E-state index contributed by atoms with van der Waals surface area (Å²) >= 11 is 1.55. The van der Waals surface area contributed by atoms with E-state index in [4.69, 9.17) is 11.5 Å². The van der Waals surface area contributed by atoms with Gasteiger partial charge in [0.05, 0.1) is 6.04 Å². The van der Waals surface area contributed by atoms with E-state index in [2.05, 4.69) is 20.9 Å². The maximum Gasteiger partial charge on any atom is 0.326 e. The lowest BCUT2D eigenvalue weighted by Crippen LogP contribution is -2.58. The van der Waals surface area contributed by atoms with Gasteiger partial charge in [0.1, 0.15) is 18.1 Å². The Balaban J connectivity index is 2.28. The number of fused-ring (bicyclic) bond motifs is 1. The van der Waals surface area contributed by atoms with E-state index in [1.807, 2.05) is 44.4 Å². The van der Waals surface area contributed by atoms with E-state index in [0.717, 1.165) is 16.5 Å². The molecule has 0 aliphatic carbocycles. The molecule has 1 aromatic heterocycles. The molecule has 0 radical (unpaired) electrons. The van der Waals surface area contributed by atoms with Crippen LogP contribution in [-0.4, -0.2) is 75.9 Å². The maximum atomic E-state index is 13.6. The van der Waals surface area contributed by atoms with Crippen LogP contribution in [0.5, 0.6) is 0 Å². The first-order valence-electron chi connectivity index (χ1n) is 13.1. The quantitative estimate of drug-likeness (QED) is 0.142. The van der Waals surface area contributed by atoms with Crippen molar-refractivity contribution in [3.8, 4) is 0 Å². The Kier molecular flexibility index (Phi) is 12.9. The summed E-state index contributed by atoms with van der Waals surface area (Å²) in [4.78, 5) is 65.5. The summed E-state index contributed by atoms with van der Waals surface area (Å²) in [5.41, 5.74) is 12.8. The highest BCUT2D eigenvalue weighted by Gasteiger charge is 2.31. The average Bonchev–Trinajstić information content (AvgIpc) is 3.30. The van der Waals surface area contributed by atoms with Crippen molar-refractivity contribution in [2.75, 3.05) is 12.0 Å². The molecule has 0 aliphatic heterocycles. The smallest absolute Gasteiger partial charge is 0.326 e. The van der Waals surface area contributed by atoms with Gasteiger partial charge in [-0.1, -0.05) is 32.0 Å². The zero-order chi connectivity index (χ0) is 29.8. The Morgan fingerprint density at radius 3 is 2.20 bits per heavy atom. The van der Waals surface area contributed by atoms with Gasteiger partial charge in [-0.25, -0.2) is 4.79 Å². The number of H-pyrrole nitrogens is 1. The molecule has 2 rings (SSSR count). The highest BCUT2D eigenvalue weighted by atomic mass is 32.2. The molecular formula is C27H40N6O6S. The van der Waals surface area contributed by atoms with Gasteiger partial charge in [0.15, 0.2) is 0 Å². The monoisotopic (exact) mass is 576 g/mol. The minimum Gasteiger partial charge on any atom is -0.480 e. The van der Waals surface area contributed by atoms with Crippen molar-refractivity contribution in [3.63, 3.8) is 0 Å². The van der Waals surface area contributed by atoms with E-state index in [1.54, 1.807) is 18.0 Å². The lowest BCUT2D eigenvalue weighted by molar-refractivity contribution is -0.142. The fourth-order valence-electron chi connectivity index (χ4n) is 4.18. The zero-order valence-corrected chi connectivity index (χ0v) is 23.9. The number of nitrogens with one attached hydrogen (secondary N) is 4. The summed E-state index contributed by atoms with van der Waals surface area (Å²) in [6.07, 6.45) is 4.01. The number of para-hydroxylation sites is 1. The molecule has 1 aromatic carbocycles. The summed E-state index contributed by atoms with van der Waals surface area (Å²) in [6.45, 7) is 3.70. The Hall–Kier alpha value is -3.58. The largest absolute Gasteiger partial charge is 0.480 e. The van der Waals surface area contributed by atoms with Crippen LogP contribution in [0.15, 0.2) is 30.5 Å². The first-order chi connectivity index (χ1) is 18.9. The second-order valence-electron chi connectivity index (χ2n) is 10.1. The fourth-order valence-corrected chi connectivity index (χ4v) is 4.67. The van der Waals surface area contributed by atoms with Crippen molar-refractivity contribution in [2.24, 2.45) is 17.4 Å². The Bertz CT molecular complexity index is 1190. The molecule has 220 valence electrons. The standard InChI is InChI=1S/C27H40N6O6S/c1-15(2)12-21(25(36)31-20(27(38)39)8-9-23(29)34)33-26(37)22(32-24(35)18(28)10-11-40-3)13-16-14-30-19-7-5-4-6-17(16)19/h4-7,14-15,18,20-22,30H,8-13,28H2,1-3H3,(H2,29,34)(H,31,36)(H,32,35)(H,33,37)(H,38,39). The molecule has 13 heteroatoms. The van der Waals surface area contributed by atoms with E-state index < -0.39 is 53.8 Å². The van der Waals surface area contributed by atoms with Crippen LogP contribution in [0, 0.1) is 5.92 Å². The van der Waals surface area contributed by atoms with Crippen molar-refractivity contribution in [2.45, 2.75) is 70.1 Å². The number of carbonyl (C=O) groups is 5. The fraction of sp³-hybridized carbons (Fsp3) is 0.519. The molecule has 0 fully saturated rings. The van der Waals surface area contributed by atoms with Crippen LogP contribution in [-0.2, 0) is 30.4 Å². The highest BCUT2D eigenvalue weighted by molar-refractivity contribution is 7.98. The molecular weight excluding hydrogens is 536 g/mol. The van der Waals surface area contributed by atoms with Crippen LogP contribution >= 0.6 is 11.8 Å². The van der Waals surface area contributed by atoms with Crippen LogP contribution in [0.25, 0.3) is 10.9 Å². The molecule has 1 heterocycles. The third kappa shape index (κ3) is 10.2. The summed E-state index contributed by atoms with van der Waals surface area (Å²) < 4.78 is 0. The number of thioether (sulfide) groups is 1. The number of aromatic amines is 1. The number of hydrogen-bond donors (Lipinski definition) is 7. The van der Waals surface area contributed by atoms with Gasteiger partial charge in [-0.3, -0.25) is 19.2 Å². The lowest BCUT2D eigenvalue weighted by atomic mass is 10.00. The van der Waals surface area contributed by atoms with E-state index in [9.17, 15) is 29.1 Å². The first-order valence-corrected chi connectivity index (χ1v) is 14.5. The molecule has 4 amide bonds. The SMILES string of the molecule is CSCCC(N)C(=O)NC(Cc1c[nH]c2ccccc12)C(=O)NC(CC(C)C)C(=O)NC(CCC(N)=O)C(=O)O. The van der Waals surface area contributed by atoms with Crippen molar-refractivity contribution >= 4 is 52.3 Å². The van der Waals surface area contributed by atoms with Gasteiger partial charge in [-0.05, 0) is 48.8 Å². The molecule has 9 N–H and O–H groups in total. The summed E-state index contributed by atoms with van der Waals surface area (Å²) in [7, 11) is 0. The molecule has 0 saturated heterocycles. The predicted molar refractivity (Wildman–Crippen MR) is 154 cm³/mol. The predicted octanol–water partition coefficient (Wildman–Crippen LogP) is 0.641. The van der Waals surface area contributed by atoms with E-state index in [-0.39, 0.29) is 31.6 Å². The molecule has 2 aromatic rings. The number of hydrogen-bond acceptors (Lipinski definition) is 7. The van der Waals surface area contributed by atoms with Crippen LogP contribution in [0.1, 0.15) is 45.1 Å². The molecule has 0 bridgehead atoms. The molecule has 0 saturated carbocycles. The van der Waals surface area contributed by atoms with E-state index >= 15 is 0 Å². The number of carbonyl (C=O) groups excluding carboxylic acids is 4. The van der Waals surface area contributed by atoms with Gasteiger partial charge in [0.25, 0.3) is 0 Å². The summed E-state index contributed by atoms with van der Waals surface area (Å²) in [5.74, 6) is -3.20. The van der Waals surface area contributed by atoms with Gasteiger partial charge >= 0.3 is 5.97 Å². The number of amides is 4. The van der Waals surface area contributed by atoms with Gasteiger partial charge in [-0.15, -0.1) is 0 Å². The van der Waals surface area contributed by atoms with Crippen LogP contribution in [0.3, 0.4) is 0 Å². The normalized spacial score (nSPS) is 14.2. The van der Waals surface area contributed by atoms with Crippen LogP contribution < -0.4 is 27.4 Å². The van der Waals surface area contributed by atoms with Crippen molar-refractivity contribution < 1.29 is 29.1 Å². The Labute approximate surface area is 237 Å². The number of rotatable bonds is 17. The van der Waals surface area contributed by atoms with E-state index in [0.29, 0.717) is 12.2 Å².